The number of aromatic carboxylic acids is 1. The molecular weight excluding hydrogens is 535 g/mol. The number of pyridine rings is 1. The largest absolute Gasteiger partial charge is 0.484 e. The standard InChI is InChI=1S/C23H18F3N3O6S2/c1-13-7-8-15(21(30)31)11-19(13)37(33,34)29-17-6-4-3-5-16(17)28-22(29)36(32)20-14(2)18(9-10-27-20)35-12-23(24,25)26/h3-11H,12H2,1-2H3,(H,30,31). The number of hydrogen-bond donors (Lipinski definition) is 1. The predicted octanol–water partition coefficient (Wildman–Crippen LogP) is 4.09. The lowest BCUT2D eigenvalue weighted by Crippen LogP contribution is -2.20. The molecule has 194 valence electrons. The molecule has 37 heavy (non-hydrogen) atoms. The van der Waals surface area contributed by atoms with Crippen molar-refractivity contribution in [2.75, 3.05) is 6.61 Å². The van der Waals surface area contributed by atoms with E-state index in [9.17, 15) is 35.7 Å². The maximum absolute atomic E-state index is 13.9. The predicted molar refractivity (Wildman–Crippen MR) is 126 cm³/mol. The van der Waals surface area contributed by atoms with E-state index in [2.05, 4.69) is 9.97 Å². The number of para-hydroxylation sites is 2. The van der Waals surface area contributed by atoms with Crippen molar-refractivity contribution in [3.8, 4) is 5.75 Å². The normalized spacial score (nSPS) is 13.0. The van der Waals surface area contributed by atoms with Crippen LogP contribution in [0, 0.1) is 13.8 Å². The first-order valence-corrected chi connectivity index (χ1v) is 13.0. The molecule has 0 spiro atoms. The summed E-state index contributed by atoms with van der Waals surface area (Å²) in [5, 5.41) is 8.64. The van der Waals surface area contributed by atoms with Crippen LogP contribution in [0.3, 0.4) is 0 Å². The molecule has 14 heteroatoms. The molecule has 4 aromatic rings. The molecule has 0 aliphatic heterocycles. The van der Waals surface area contributed by atoms with Gasteiger partial charge >= 0.3 is 12.1 Å². The third-order valence-corrected chi connectivity index (χ3v) is 8.61. The van der Waals surface area contributed by atoms with Crippen molar-refractivity contribution in [3.05, 3.63) is 71.4 Å². The van der Waals surface area contributed by atoms with Crippen molar-refractivity contribution in [2.45, 2.75) is 35.1 Å². The maximum atomic E-state index is 13.9. The Bertz CT molecular complexity index is 1670. The van der Waals surface area contributed by atoms with Gasteiger partial charge in [0.2, 0.25) is 5.16 Å². The van der Waals surface area contributed by atoms with Crippen molar-refractivity contribution in [2.24, 2.45) is 0 Å². The van der Waals surface area contributed by atoms with E-state index in [4.69, 9.17) is 4.74 Å². The van der Waals surface area contributed by atoms with E-state index < -0.39 is 44.7 Å². The lowest BCUT2D eigenvalue weighted by Gasteiger charge is -2.15. The molecule has 0 saturated heterocycles. The minimum absolute atomic E-state index is 0.00476. The minimum Gasteiger partial charge on any atom is -0.484 e. The number of imidazole rings is 1. The summed E-state index contributed by atoms with van der Waals surface area (Å²) >= 11 is 0. The Kier molecular flexibility index (Phi) is 6.81. The van der Waals surface area contributed by atoms with Gasteiger partial charge in [-0.15, -0.1) is 0 Å². The highest BCUT2D eigenvalue weighted by atomic mass is 32.2. The lowest BCUT2D eigenvalue weighted by atomic mass is 10.1. The summed E-state index contributed by atoms with van der Waals surface area (Å²) in [5.41, 5.74) is 0.196. The molecule has 0 aliphatic carbocycles. The van der Waals surface area contributed by atoms with Crippen LogP contribution < -0.4 is 4.74 Å². The highest BCUT2D eigenvalue weighted by Crippen LogP contribution is 2.31. The zero-order valence-electron chi connectivity index (χ0n) is 19.2. The Hall–Kier alpha value is -3.78. The number of fused-ring (bicyclic) bond motifs is 1. The van der Waals surface area contributed by atoms with Gasteiger partial charge < -0.3 is 9.84 Å². The van der Waals surface area contributed by atoms with E-state index >= 15 is 0 Å². The van der Waals surface area contributed by atoms with E-state index in [0.29, 0.717) is 0 Å². The number of aryl methyl sites for hydroxylation is 1. The van der Waals surface area contributed by atoms with Crippen LogP contribution >= 0.6 is 0 Å². The smallest absolute Gasteiger partial charge is 0.422 e. The van der Waals surface area contributed by atoms with Crippen LogP contribution in [-0.4, -0.2) is 50.4 Å². The zero-order chi connectivity index (χ0) is 27.1. The third-order valence-electron chi connectivity index (χ3n) is 5.28. The van der Waals surface area contributed by atoms with Gasteiger partial charge in [0, 0.05) is 11.8 Å². The topological polar surface area (TPSA) is 128 Å². The van der Waals surface area contributed by atoms with Crippen LogP contribution in [0.25, 0.3) is 11.0 Å². The fourth-order valence-electron chi connectivity index (χ4n) is 3.53. The fraction of sp³-hybridized carbons (Fsp3) is 0.174. The quantitative estimate of drug-likeness (QED) is 0.362. The number of carboxylic acid groups (broad SMARTS) is 1. The van der Waals surface area contributed by atoms with Gasteiger partial charge in [0.1, 0.15) is 21.6 Å². The summed E-state index contributed by atoms with van der Waals surface area (Å²) in [7, 11) is -6.95. The van der Waals surface area contributed by atoms with Crippen LogP contribution in [0.5, 0.6) is 5.75 Å². The number of halogens is 3. The Morgan fingerprint density at radius 2 is 1.84 bits per heavy atom. The van der Waals surface area contributed by atoms with Crippen LogP contribution in [0.15, 0.2) is 69.8 Å². The maximum Gasteiger partial charge on any atom is 0.422 e. The van der Waals surface area contributed by atoms with Gasteiger partial charge in [-0.05, 0) is 49.7 Å². The first kappa shape index (κ1) is 26.3. The highest BCUT2D eigenvalue weighted by molar-refractivity contribution is 7.91. The Morgan fingerprint density at radius 1 is 1.14 bits per heavy atom. The van der Waals surface area contributed by atoms with Gasteiger partial charge in [0.25, 0.3) is 10.0 Å². The summed E-state index contributed by atoms with van der Waals surface area (Å²) < 4.78 is 84.9. The molecule has 1 atom stereocenters. The summed E-state index contributed by atoms with van der Waals surface area (Å²) in [6, 6.07) is 10.8. The van der Waals surface area contributed by atoms with Gasteiger partial charge in [0.05, 0.1) is 21.5 Å². The van der Waals surface area contributed by atoms with Crippen molar-refractivity contribution in [1.82, 2.24) is 13.9 Å². The number of carbonyl (C=O) groups is 1. The monoisotopic (exact) mass is 553 g/mol. The molecule has 0 radical (unpaired) electrons. The van der Waals surface area contributed by atoms with Crippen LogP contribution in [-0.2, 0) is 20.8 Å². The summed E-state index contributed by atoms with van der Waals surface area (Å²) in [6.45, 7) is 1.23. The molecule has 4 rings (SSSR count). The van der Waals surface area contributed by atoms with E-state index in [0.717, 1.165) is 16.2 Å². The fourth-order valence-corrected chi connectivity index (χ4v) is 6.77. The average Bonchev–Trinajstić information content (AvgIpc) is 3.23. The highest BCUT2D eigenvalue weighted by Gasteiger charge is 2.32. The molecule has 0 fully saturated rings. The second kappa shape index (κ2) is 9.59. The van der Waals surface area contributed by atoms with Gasteiger partial charge in [-0.25, -0.2) is 31.4 Å². The molecule has 1 unspecified atom stereocenters. The number of benzene rings is 2. The number of hydrogen-bond acceptors (Lipinski definition) is 7. The molecule has 1 N–H and O–H groups in total. The van der Waals surface area contributed by atoms with Gasteiger partial charge in [0.15, 0.2) is 6.61 Å². The van der Waals surface area contributed by atoms with Crippen molar-refractivity contribution < 1.29 is 40.4 Å². The first-order chi connectivity index (χ1) is 17.3. The minimum atomic E-state index is -4.61. The summed E-state index contributed by atoms with van der Waals surface area (Å²) in [4.78, 5) is 19.4. The van der Waals surface area contributed by atoms with Crippen LogP contribution in [0.1, 0.15) is 21.5 Å². The number of rotatable bonds is 7. The third kappa shape index (κ3) is 5.06. The average molecular weight is 554 g/mol. The molecule has 9 nitrogen and oxygen atoms in total. The SMILES string of the molecule is Cc1ccc(C(=O)O)cc1S(=O)(=O)n1c(S(=O)c2nccc(OCC(F)(F)F)c2C)nc2ccccc21. The molecule has 0 aliphatic rings. The zero-order valence-corrected chi connectivity index (χ0v) is 20.8. The molecule has 0 amide bonds. The summed E-state index contributed by atoms with van der Waals surface area (Å²) in [5.74, 6) is -1.57. The Balaban J connectivity index is 1.91. The molecule has 2 heterocycles. The van der Waals surface area contributed by atoms with Gasteiger partial charge in [-0.1, -0.05) is 18.2 Å². The molecule has 2 aromatic carbocycles. The van der Waals surface area contributed by atoms with E-state index in [1.54, 1.807) is 12.1 Å². The van der Waals surface area contributed by atoms with E-state index in [-0.39, 0.29) is 43.4 Å². The van der Waals surface area contributed by atoms with Gasteiger partial charge in [-0.3, -0.25) is 0 Å². The Labute approximate surface area is 211 Å². The van der Waals surface area contributed by atoms with Gasteiger partial charge in [-0.2, -0.15) is 13.2 Å². The van der Waals surface area contributed by atoms with Crippen LogP contribution in [0.2, 0.25) is 0 Å². The number of nitrogens with zero attached hydrogens (tertiary/aromatic N) is 3. The summed E-state index contributed by atoms with van der Waals surface area (Å²) in [6.07, 6.45) is -3.52. The second-order valence-electron chi connectivity index (χ2n) is 7.85. The molecule has 0 saturated carbocycles. The number of carboxylic acids is 1. The van der Waals surface area contributed by atoms with Crippen molar-refractivity contribution in [1.29, 1.82) is 0 Å². The molecule has 0 bridgehead atoms. The number of aromatic nitrogens is 3. The van der Waals surface area contributed by atoms with Crippen molar-refractivity contribution in [3.63, 3.8) is 0 Å². The van der Waals surface area contributed by atoms with Crippen molar-refractivity contribution >= 4 is 37.8 Å². The Morgan fingerprint density at radius 3 is 2.51 bits per heavy atom. The lowest BCUT2D eigenvalue weighted by molar-refractivity contribution is -0.153. The van der Waals surface area contributed by atoms with E-state index in [1.807, 2.05) is 0 Å². The second-order valence-corrected chi connectivity index (χ2v) is 10.9. The number of ether oxygens (including phenoxy) is 1. The molecular formula is C23H18F3N3O6S2. The number of alkyl halides is 3. The first-order valence-electron chi connectivity index (χ1n) is 10.4. The van der Waals surface area contributed by atoms with Crippen LogP contribution in [0.4, 0.5) is 13.2 Å². The molecule has 2 aromatic heterocycles. The van der Waals surface area contributed by atoms with E-state index in [1.165, 1.54) is 44.2 Å².